The summed E-state index contributed by atoms with van der Waals surface area (Å²) in [4.78, 5) is 11.1. The van der Waals surface area contributed by atoms with E-state index in [2.05, 4.69) is 5.32 Å². The number of halogens is 2. The molecule has 15 heavy (non-hydrogen) atoms. The molecule has 0 heterocycles. The number of hydrogen-bond donors (Lipinski definition) is 1. The maximum absolute atomic E-state index is 13.1. The SMILES string of the molecule is CCCC(=O)NCc1cc(F)ccc1F. The van der Waals surface area contributed by atoms with Crippen LogP contribution in [0.1, 0.15) is 25.3 Å². The van der Waals surface area contributed by atoms with E-state index in [0.717, 1.165) is 24.6 Å². The van der Waals surface area contributed by atoms with E-state index in [0.29, 0.717) is 6.42 Å². The van der Waals surface area contributed by atoms with E-state index in [1.807, 2.05) is 6.92 Å². The van der Waals surface area contributed by atoms with Gasteiger partial charge in [-0.3, -0.25) is 4.79 Å². The number of amides is 1. The monoisotopic (exact) mass is 213 g/mol. The lowest BCUT2D eigenvalue weighted by Crippen LogP contribution is -2.22. The Bertz CT molecular complexity index is 352. The fraction of sp³-hybridized carbons (Fsp3) is 0.364. The molecule has 0 saturated heterocycles. The van der Waals surface area contributed by atoms with Gasteiger partial charge >= 0.3 is 0 Å². The predicted molar refractivity (Wildman–Crippen MR) is 53.1 cm³/mol. The quantitative estimate of drug-likeness (QED) is 0.817. The first-order valence-electron chi connectivity index (χ1n) is 4.84. The molecule has 0 aliphatic carbocycles. The number of benzene rings is 1. The van der Waals surface area contributed by atoms with Crippen LogP contribution < -0.4 is 5.32 Å². The fourth-order valence-electron chi connectivity index (χ4n) is 1.19. The lowest BCUT2D eigenvalue weighted by molar-refractivity contribution is -0.121. The number of rotatable bonds is 4. The summed E-state index contributed by atoms with van der Waals surface area (Å²) < 4.78 is 25.8. The van der Waals surface area contributed by atoms with Gasteiger partial charge in [0, 0.05) is 18.5 Å². The van der Waals surface area contributed by atoms with Gasteiger partial charge in [-0.1, -0.05) is 6.92 Å². The maximum Gasteiger partial charge on any atom is 0.220 e. The number of carbonyl (C=O) groups is 1. The van der Waals surface area contributed by atoms with Gasteiger partial charge in [0.2, 0.25) is 5.91 Å². The van der Waals surface area contributed by atoms with E-state index in [1.54, 1.807) is 0 Å². The van der Waals surface area contributed by atoms with Crippen molar-refractivity contribution in [1.82, 2.24) is 5.32 Å². The summed E-state index contributed by atoms with van der Waals surface area (Å²) in [5.41, 5.74) is 0.166. The first kappa shape index (κ1) is 11.6. The van der Waals surface area contributed by atoms with Gasteiger partial charge in [0.15, 0.2) is 0 Å². The molecule has 0 saturated carbocycles. The molecular formula is C11H13F2NO. The van der Waals surface area contributed by atoms with Crippen molar-refractivity contribution >= 4 is 5.91 Å². The molecule has 1 aromatic carbocycles. The van der Waals surface area contributed by atoms with Crippen LogP contribution in [0.5, 0.6) is 0 Å². The van der Waals surface area contributed by atoms with Crippen molar-refractivity contribution in [2.75, 3.05) is 0 Å². The van der Waals surface area contributed by atoms with E-state index in [-0.39, 0.29) is 18.0 Å². The molecule has 1 aromatic rings. The molecule has 0 aliphatic rings. The largest absolute Gasteiger partial charge is 0.352 e. The Kier molecular flexibility index (Phi) is 4.21. The van der Waals surface area contributed by atoms with E-state index in [9.17, 15) is 13.6 Å². The summed E-state index contributed by atoms with van der Waals surface area (Å²) >= 11 is 0. The minimum atomic E-state index is -0.506. The summed E-state index contributed by atoms with van der Waals surface area (Å²) in [6.07, 6.45) is 1.13. The van der Waals surface area contributed by atoms with Gasteiger partial charge in [0.1, 0.15) is 11.6 Å². The smallest absolute Gasteiger partial charge is 0.220 e. The number of nitrogens with one attached hydrogen (secondary N) is 1. The standard InChI is InChI=1S/C11H13F2NO/c1-2-3-11(15)14-7-8-6-9(12)4-5-10(8)13/h4-6H,2-3,7H2,1H3,(H,14,15). The molecule has 0 spiro atoms. The van der Waals surface area contributed by atoms with Crippen molar-refractivity contribution < 1.29 is 13.6 Å². The Morgan fingerprint density at radius 1 is 1.40 bits per heavy atom. The van der Waals surface area contributed by atoms with Gasteiger partial charge in [0.25, 0.3) is 0 Å². The van der Waals surface area contributed by atoms with Crippen molar-refractivity contribution in [3.63, 3.8) is 0 Å². The lowest BCUT2D eigenvalue weighted by Gasteiger charge is -2.05. The average Bonchev–Trinajstić information content (AvgIpc) is 2.20. The molecular weight excluding hydrogens is 200 g/mol. The summed E-state index contributed by atoms with van der Waals surface area (Å²) in [7, 11) is 0. The Balaban J connectivity index is 2.57. The normalized spacial score (nSPS) is 10.1. The summed E-state index contributed by atoms with van der Waals surface area (Å²) in [5.74, 6) is -1.16. The Labute approximate surface area is 87.3 Å². The Hall–Kier alpha value is -1.45. The van der Waals surface area contributed by atoms with Crippen molar-refractivity contribution in [2.45, 2.75) is 26.3 Å². The minimum absolute atomic E-state index is 0.0302. The van der Waals surface area contributed by atoms with Crippen LogP contribution in [-0.4, -0.2) is 5.91 Å². The van der Waals surface area contributed by atoms with Gasteiger partial charge in [-0.2, -0.15) is 0 Å². The van der Waals surface area contributed by atoms with Gasteiger partial charge in [0.05, 0.1) is 0 Å². The zero-order valence-corrected chi connectivity index (χ0v) is 8.52. The number of carbonyl (C=O) groups excluding carboxylic acids is 1. The zero-order valence-electron chi connectivity index (χ0n) is 8.52. The molecule has 0 aromatic heterocycles. The van der Waals surface area contributed by atoms with E-state index < -0.39 is 11.6 Å². The molecule has 4 heteroatoms. The first-order chi connectivity index (χ1) is 7.13. The molecule has 0 fully saturated rings. The summed E-state index contributed by atoms with van der Waals surface area (Å²) in [6, 6.07) is 3.19. The third-order valence-corrected chi connectivity index (χ3v) is 1.96. The highest BCUT2D eigenvalue weighted by atomic mass is 19.1. The average molecular weight is 213 g/mol. The molecule has 0 aliphatic heterocycles. The molecule has 82 valence electrons. The van der Waals surface area contributed by atoms with Crippen LogP contribution in [-0.2, 0) is 11.3 Å². The lowest BCUT2D eigenvalue weighted by atomic mass is 10.2. The van der Waals surface area contributed by atoms with Crippen molar-refractivity contribution in [2.24, 2.45) is 0 Å². The van der Waals surface area contributed by atoms with E-state index in [1.165, 1.54) is 0 Å². The van der Waals surface area contributed by atoms with Gasteiger partial charge in [-0.05, 0) is 24.6 Å². The Morgan fingerprint density at radius 3 is 2.80 bits per heavy atom. The highest BCUT2D eigenvalue weighted by Crippen LogP contribution is 2.09. The van der Waals surface area contributed by atoms with Crippen LogP contribution in [0.25, 0.3) is 0 Å². The number of hydrogen-bond acceptors (Lipinski definition) is 1. The van der Waals surface area contributed by atoms with Gasteiger partial charge < -0.3 is 5.32 Å². The van der Waals surface area contributed by atoms with Crippen LogP contribution >= 0.6 is 0 Å². The summed E-state index contributed by atoms with van der Waals surface area (Å²) in [5, 5.41) is 2.52. The van der Waals surface area contributed by atoms with Crippen LogP contribution in [0, 0.1) is 11.6 Å². The Morgan fingerprint density at radius 2 is 2.13 bits per heavy atom. The molecule has 0 unspecified atom stereocenters. The van der Waals surface area contributed by atoms with E-state index >= 15 is 0 Å². The van der Waals surface area contributed by atoms with Crippen LogP contribution in [0.15, 0.2) is 18.2 Å². The van der Waals surface area contributed by atoms with Crippen LogP contribution in [0.3, 0.4) is 0 Å². The zero-order chi connectivity index (χ0) is 11.3. The molecule has 1 amide bonds. The predicted octanol–water partition coefficient (Wildman–Crippen LogP) is 2.38. The fourth-order valence-corrected chi connectivity index (χ4v) is 1.19. The van der Waals surface area contributed by atoms with Gasteiger partial charge in [-0.15, -0.1) is 0 Å². The first-order valence-corrected chi connectivity index (χ1v) is 4.84. The van der Waals surface area contributed by atoms with Crippen molar-refractivity contribution in [3.05, 3.63) is 35.4 Å². The second kappa shape index (κ2) is 5.44. The molecule has 1 rings (SSSR count). The molecule has 0 atom stereocenters. The topological polar surface area (TPSA) is 29.1 Å². The van der Waals surface area contributed by atoms with Crippen molar-refractivity contribution in [3.8, 4) is 0 Å². The molecule has 1 N–H and O–H groups in total. The molecule has 0 bridgehead atoms. The maximum atomic E-state index is 13.1. The van der Waals surface area contributed by atoms with E-state index in [4.69, 9.17) is 0 Å². The van der Waals surface area contributed by atoms with Crippen LogP contribution in [0.4, 0.5) is 8.78 Å². The summed E-state index contributed by atoms with van der Waals surface area (Å²) in [6.45, 7) is 1.91. The van der Waals surface area contributed by atoms with Gasteiger partial charge in [-0.25, -0.2) is 8.78 Å². The third-order valence-electron chi connectivity index (χ3n) is 1.96. The second-order valence-corrected chi connectivity index (χ2v) is 3.26. The molecule has 2 nitrogen and oxygen atoms in total. The second-order valence-electron chi connectivity index (χ2n) is 3.26. The molecule has 0 radical (unpaired) electrons. The van der Waals surface area contributed by atoms with Crippen LogP contribution in [0.2, 0.25) is 0 Å². The third kappa shape index (κ3) is 3.65. The minimum Gasteiger partial charge on any atom is -0.352 e. The highest BCUT2D eigenvalue weighted by molar-refractivity contribution is 5.75. The highest BCUT2D eigenvalue weighted by Gasteiger charge is 2.05. The van der Waals surface area contributed by atoms with Crippen molar-refractivity contribution in [1.29, 1.82) is 0 Å².